The molecule has 2 saturated carbocycles. The van der Waals surface area contributed by atoms with Gasteiger partial charge in [-0.2, -0.15) is 0 Å². The van der Waals surface area contributed by atoms with Crippen LogP contribution in [0.4, 0.5) is 0 Å². The van der Waals surface area contributed by atoms with Crippen molar-refractivity contribution in [3.05, 3.63) is 0 Å². The van der Waals surface area contributed by atoms with Crippen molar-refractivity contribution in [3.8, 4) is 0 Å². The summed E-state index contributed by atoms with van der Waals surface area (Å²) in [6, 6.07) is 0. The summed E-state index contributed by atoms with van der Waals surface area (Å²) in [6.07, 6.45) is 8.54. The molecule has 1 heterocycles. The highest BCUT2D eigenvalue weighted by Crippen LogP contribution is 2.51. The Balaban J connectivity index is 1.94. The van der Waals surface area contributed by atoms with Crippen molar-refractivity contribution in [1.82, 2.24) is 0 Å². The Morgan fingerprint density at radius 2 is 1.15 bits per heavy atom. The van der Waals surface area contributed by atoms with Crippen LogP contribution >= 0.6 is 0 Å². The number of hydrogen-bond donors (Lipinski definition) is 0. The Labute approximate surface area is 120 Å². The lowest BCUT2D eigenvalue weighted by Gasteiger charge is -2.47. The zero-order chi connectivity index (χ0) is 14.4. The molecule has 3 aliphatic rings. The van der Waals surface area contributed by atoms with E-state index in [-0.39, 0.29) is 11.8 Å². The lowest BCUT2D eigenvalue weighted by atomic mass is 9.81. The molecule has 0 N–H and O–H groups in total. The molecular formula is C16H24O4. The first-order chi connectivity index (χ1) is 9.47. The minimum atomic E-state index is -1.17. The number of esters is 2. The molecule has 0 amide bonds. The van der Waals surface area contributed by atoms with Crippen LogP contribution in [0.15, 0.2) is 0 Å². The highest BCUT2D eigenvalue weighted by Gasteiger charge is 2.60. The number of carbonyl (C=O) groups is 2. The fourth-order valence-corrected chi connectivity index (χ4v) is 3.97. The van der Waals surface area contributed by atoms with Crippen molar-refractivity contribution < 1.29 is 19.1 Å². The van der Waals surface area contributed by atoms with Gasteiger partial charge >= 0.3 is 11.9 Å². The summed E-state index contributed by atoms with van der Waals surface area (Å²) in [5.41, 5.74) is -1.17. The standard InChI is InChI=1S/C16H24O4/c1-15(2)13(17)19-16(20-14(15)18,11-7-3-4-8-11)12-9-5-6-10-12/h11-12H,3-10H2,1-2H3. The van der Waals surface area contributed by atoms with Gasteiger partial charge in [0.2, 0.25) is 0 Å². The Morgan fingerprint density at radius 3 is 1.50 bits per heavy atom. The van der Waals surface area contributed by atoms with Gasteiger partial charge in [0.05, 0.1) is 0 Å². The molecule has 112 valence electrons. The van der Waals surface area contributed by atoms with Crippen LogP contribution in [0.25, 0.3) is 0 Å². The minimum Gasteiger partial charge on any atom is -0.421 e. The van der Waals surface area contributed by atoms with E-state index in [2.05, 4.69) is 0 Å². The zero-order valence-electron chi connectivity index (χ0n) is 12.4. The normalized spacial score (nSPS) is 30.3. The molecule has 3 fully saturated rings. The van der Waals surface area contributed by atoms with Gasteiger partial charge in [-0.15, -0.1) is 0 Å². The Morgan fingerprint density at radius 1 is 0.800 bits per heavy atom. The van der Waals surface area contributed by atoms with Gasteiger partial charge in [0.1, 0.15) is 0 Å². The van der Waals surface area contributed by atoms with E-state index in [0.29, 0.717) is 0 Å². The van der Waals surface area contributed by atoms with Gasteiger partial charge in [0.15, 0.2) is 5.41 Å². The molecule has 2 aliphatic carbocycles. The number of hydrogen-bond acceptors (Lipinski definition) is 4. The van der Waals surface area contributed by atoms with Crippen LogP contribution in [0.5, 0.6) is 0 Å². The molecule has 0 aromatic heterocycles. The second-order valence-corrected chi connectivity index (χ2v) is 7.09. The lowest BCUT2D eigenvalue weighted by molar-refractivity contribution is -0.295. The third-order valence-electron chi connectivity index (χ3n) is 5.37. The predicted octanol–water partition coefficient (Wildman–Crippen LogP) is 3.19. The van der Waals surface area contributed by atoms with Crippen LogP contribution in [0.1, 0.15) is 65.2 Å². The number of carbonyl (C=O) groups excluding carboxylic acids is 2. The molecule has 0 aromatic carbocycles. The molecule has 0 radical (unpaired) electrons. The summed E-state index contributed by atoms with van der Waals surface area (Å²) in [5.74, 6) is -1.40. The van der Waals surface area contributed by atoms with E-state index < -0.39 is 23.1 Å². The maximum absolute atomic E-state index is 12.3. The third kappa shape index (κ3) is 1.95. The van der Waals surface area contributed by atoms with E-state index in [1.54, 1.807) is 13.8 Å². The highest BCUT2D eigenvalue weighted by atomic mass is 16.7. The monoisotopic (exact) mass is 280 g/mol. The first-order valence-electron chi connectivity index (χ1n) is 7.94. The summed E-state index contributed by atoms with van der Waals surface area (Å²) >= 11 is 0. The molecule has 0 spiro atoms. The van der Waals surface area contributed by atoms with Gasteiger partial charge in [0, 0.05) is 11.8 Å². The SMILES string of the molecule is CC1(C)C(=O)OC(C2CCCC2)(C2CCCC2)OC1=O. The molecular weight excluding hydrogens is 256 g/mol. The summed E-state index contributed by atoms with van der Waals surface area (Å²) in [4.78, 5) is 24.7. The van der Waals surface area contributed by atoms with E-state index in [4.69, 9.17) is 9.47 Å². The molecule has 20 heavy (non-hydrogen) atoms. The third-order valence-corrected chi connectivity index (χ3v) is 5.37. The van der Waals surface area contributed by atoms with Crippen molar-refractivity contribution in [2.75, 3.05) is 0 Å². The van der Waals surface area contributed by atoms with Crippen molar-refractivity contribution in [2.45, 2.75) is 71.0 Å². The summed E-state index contributed by atoms with van der Waals surface area (Å²) in [7, 11) is 0. The molecule has 0 atom stereocenters. The zero-order valence-corrected chi connectivity index (χ0v) is 12.4. The maximum Gasteiger partial charge on any atom is 0.326 e. The average molecular weight is 280 g/mol. The minimum absolute atomic E-state index is 0.189. The predicted molar refractivity (Wildman–Crippen MR) is 72.6 cm³/mol. The summed E-state index contributed by atoms with van der Waals surface area (Å²) in [5, 5.41) is 0. The van der Waals surface area contributed by atoms with E-state index in [1.165, 1.54) is 0 Å². The molecule has 4 nitrogen and oxygen atoms in total. The largest absolute Gasteiger partial charge is 0.421 e. The van der Waals surface area contributed by atoms with Crippen molar-refractivity contribution in [1.29, 1.82) is 0 Å². The van der Waals surface area contributed by atoms with Crippen LogP contribution in [0.2, 0.25) is 0 Å². The van der Waals surface area contributed by atoms with Crippen LogP contribution in [-0.2, 0) is 19.1 Å². The van der Waals surface area contributed by atoms with Crippen LogP contribution < -0.4 is 0 Å². The second kappa shape index (κ2) is 4.74. The van der Waals surface area contributed by atoms with Crippen LogP contribution in [0, 0.1) is 17.3 Å². The van der Waals surface area contributed by atoms with Crippen LogP contribution in [-0.4, -0.2) is 17.7 Å². The quantitative estimate of drug-likeness (QED) is 0.576. The smallest absolute Gasteiger partial charge is 0.326 e. The van der Waals surface area contributed by atoms with Crippen LogP contribution in [0.3, 0.4) is 0 Å². The fourth-order valence-electron chi connectivity index (χ4n) is 3.97. The molecule has 1 saturated heterocycles. The average Bonchev–Trinajstić information content (AvgIpc) is 3.09. The Kier molecular flexibility index (Phi) is 3.30. The number of ether oxygens (including phenoxy) is 2. The Bertz CT molecular complexity index is 376. The number of rotatable bonds is 2. The van der Waals surface area contributed by atoms with Gasteiger partial charge in [-0.3, -0.25) is 9.59 Å². The van der Waals surface area contributed by atoms with Gasteiger partial charge in [-0.05, 0) is 39.5 Å². The van der Waals surface area contributed by atoms with Crippen molar-refractivity contribution >= 4 is 11.9 Å². The van der Waals surface area contributed by atoms with Gasteiger partial charge < -0.3 is 9.47 Å². The van der Waals surface area contributed by atoms with Gasteiger partial charge in [-0.1, -0.05) is 25.7 Å². The topological polar surface area (TPSA) is 52.6 Å². The molecule has 1 aliphatic heterocycles. The first-order valence-corrected chi connectivity index (χ1v) is 7.94. The van der Waals surface area contributed by atoms with Gasteiger partial charge in [0.25, 0.3) is 5.79 Å². The number of cyclic esters (lactones) is 2. The van der Waals surface area contributed by atoms with E-state index in [9.17, 15) is 9.59 Å². The summed E-state index contributed by atoms with van der Waals surface area (Å²) in [6.45, 7) is 3.18. The summed E-state index contributed by atoms with van der Waals surface area (Å²) < 4.78 is 11.7. The molecule has 0 bridgehead atoms. The van der Waals surface area contributed by atoms with Crippen molar-refractivity contribution in [3.63, 3.8) is 0 Å². The molecule has 0 aromatic rings. The maximum atomic E-state index is 12.3. The molecule has 4 heteroatoms. The fraction of sp³-hybridized carbons (Fsp3) is 0.875. The lowest BCUT2D eigenvalue weighted by Crippen LogP contribution is -2.60. The Hall–Kier alpha value is -1.06. The van der Waals surface area contributed by atoms with E-state index in [0.717, 1.165) is 51.4 Å². The highest BCUT2D eigenvalue weighted by molar-refractivity contribution is 6.00. The van der Waals surface area contributed by atoms with Crippen molar-refractivity contribution in [2.24, 2.45) is 17.3 Å². The molecule has 0 unspecified atom stereocenters. The molecule has 3 rings (SSSR count). The van der Waals surface area contributed by atoms with E-state index in [1.807, 2.05) is 0 Å². The van der Waals surface area contributed by atoms with Gasteiger partial charge in [-0.25, -0.2) is 0 Å². The second-order valence-electron chi connectivity index (χ2n) is 7.09. The van der Waals surface area contributed by atoms with E-state index >= 15 is 0 Å². The first kappa shape index (κ1) is 13.9.